The zero-order chi connectivity index (χ0) is 31.9. The smallest absolute Gasteiger partial charge is 0.329 e. The number of carbonyl (C=O) groups excluding carboxylic acids is 6. The average molecular weight is 592 g/mol. The van der Waals surface area contributed by atoms with Crippen LogP contribution in [-0.4, -0.2) is 76.7 Å². The van der Waals surface area contributed by atoms with Crippen molar-refractivity contribution in [2.45, 2.75) is 118 Å². The van der Waals surface area contributed by atoms with Gasteiger partial charge in [0.25, 0.3) is 5.91 Å². The molecule has 1 unspecified atom stereocenters. The van der Waals surface area contributed by atoms with E-state index in [1.54, 1.807) is 48.5 Å². The van der Waals surface area contributed by atoms with E-state index in [1.165, 1.54) is 4.90 Å². The highest BCUT2D eigenvalue weighted by molar-refractivity contribution is 6.37. The number of likely N-dealkylation sites (tertiary alicyclic amines) is 1. The van der Waals surface area contributed by atoms with Crippen LogP contribution in [0.2, 0.25) is 0 Å². The Balaban J connectivity index is 1.79. The molecule has 2 saturated carbocycles. The Kier molecular flexibility index (Phi) is 9.39. The summed E-state index contributed by atoms with van der Waals surface area (Å²) < 4.78 is 5.41. The van der Waals surface area contributed by atoms with Crippen molar-refractivity contribution in [3.05, 3.63) is 0 Å². The van der Waals surface area contributed by atoms with Gasteiger partial charge in [-0.2, -0.15) is 0 Å². The molecule has 1 aliphatic heterocycles. The molecule has 2 aliphatic carbocycles. The normalized spacial score (nSPS) is 24.9. The summed E-state index contributed by atoms with van der Waals surface area (Å²) in [6.07, 6.45) is 2.44. The molecule has 1 saturated heterocycles. The van der Waals surface area contributed by atoms with Crippen molar-refractivity contribution in [2.75, 3.05) is 6.54 Å². The maximum atomic E-state index is 14.1. The van der Waals surface area contributed by atoms with Crippen LogP contribution >= 0.6 is 0 Å². The number of nitrogens with one attached hydrogen (secondary N) is 3. The Hall–Kier alpha value is -3.18. The van der Waals surface area contributed by atoms with Gasteiger partial charge in [-0.3, -0.25) is 19.2 Å². The number of urea groups is 1. The molecule has 3 aliphatic rings. The summed E-state index contributed by atoms with van der Waals surface area (Å²) >= 11 is 0. The first-order valence-electron chi connectivity index (χ1n) is 14.9. The van der Waals surface area contributed by atoms with Crippen LogP contribution in [0.4, 0.5) is 4.79 Å². The Morgan fingerprint density at radius 2 is 1.55 bits per heavy atom. The van der Waals surface area contributed by atoms with Gasteiger partial charge in [0.05, 0.1) is 6.04 Å². The molecule has 5 amide bonds. The minimum atomic E-state index is -1.11. The third-order valence-electron chi connectivity index (χ3n) is 8.70. The number of Topliss-reactive ketones (excluding diaryl/α,β-unsaturated/α-hetero) is 1. The van der Waals surface area contributed by atoms with Crippen LogP contribution in [-0.2, 0) is 28.7 Å². The van der Waals surface area contributed by atoms with Crippen LogP contribution in [0, 0.1) is 28.6 Å². The summed E-state index contributed by atoms with van der Waals surface area (Å²) in [4.78, 5) is 79.2. The van der Waals surface area contributed by atoms with E-state index >= 15 is 0 Å². The fraction of sp³-hybridized carbons (Fsp3) is 0.800. The molecule has 6 atom stereocenters. The van der Waals surface area contributed by atoms with E-state index < -0.39 is 70.7 Å². The fourth-order valence-electron chi connectivity index (χ4n) is 6.01. The quantitative estimate of drug-likeness (QED) is 0.208. The highest BCUT2D eigenvalue weighted by Gasteiger charge is 2.70. The summed E-state index contributed by atoms with van der Waals surface area (Å²) in [7, 11) is 0. The number of amides is 5. The predicted octanol–water partition coefficient (Wildman–Crippen LogP) is 1.64. The first-order valence-corrected chi connectivity index (χ1v) is 14.9. The number of rotatable bonds is 11. The van der Waals surface area contributed by atoms with E-state index in [0.29, 0.717) is 13.0 Å². The largest absolute Gasteiger partial charge is 0.458 e. The van der Waals surface area contributed by atoms with Crippen molar-refractivity contribution in [1.29, 1.82) is 0 Å². The molecule has 0 aromatic carbocycles. The summed E-state index contributed by atoms with van der Waals surface area (Å²) in [5.41, 5.74) is 3.59. The minimum absolute atomic E-state index is 0.0667. The van der Waals surface area contributed by atoms with Gasteiger partial charge in [0.1, 0.15) is 23.7 Å². The van der Waals surface area contributed by atoms with Crippen LogP contribution in [0.3, 0.4) is 0 Å². The maximum absolute atomic E-state index is 14.1. The number of piperidine rings is 1. The Morgan fingerprint density at radius 1 is 0.952 bits per heavy atom. The van der Waals surface area contributed by atoms with Crippen molar-refractivity contribution >= 4 is 35.5 Å². The molecule has 12 heteroatoms. The monoisotopic (exact) mass is 591 g/mol. The van der Waals surface area contributed by atoms with Crippen LogP contribution in [0.1, 0.15) is 88.0 Å². The number of esters is 1. The number of nitrogens with two attached hydrogens (primary N) is 1. The second-order valence-electron chi connectivity index (χ2n) is 14.8. The molecule has 3 rings (SSSR count). The standard InChI is InChI=1S/C30H49N5O7/c1-10-17(26(40)42-29(5,6)7)33-27(41)34-22(28(2,3)4)25(39)35-14-16-19(30(16,8)9)20(35)24(38)32-18(13-15-11-12-15)21(36)23(31)37/h15-20,22H,10-14H2,1-9H3,(H2,31,37)(H,32,38)(H2,33,34,41)/t16-,17-,18?,19-,20-,22+/m0/s1. The first kappa shape index (κ1) is 33.3. The number of nitrogens with zero attached hydrogens (tertiary/aromatic N) is 1. The van der Waals surface area contributed by atoms with Gasteiger partial charge in [-0.1, -0.05) is 54.4 Å². The minimum Gasteiger partial charge on any atom is -0.458 e. The molecule has 0 bridgehead atoms. The lowest BCUT2D eigenvalue weighted by Gasteiger charge is -2.38. The molecule has 5 N–H and O–H groups in total. The number of primary amides is 1. The first-order chi connectivity index (χ1) is 19.2. The van der Waals surface area contributed by atoms with Gasteiger partial charge in [-0.15, -0.1) is 0 Å². The highest BCUT2D eigenvalue weighted by Crippen LogP contribution is 2.65. The van der Waals surface area contributed by atoms with Gasteiger partial charge in [0, 0.05) is 6.54 Å². The third kappa shape index (κ3) is 7.60. The van der Waals surface area contributed by atoms with Gasteiger partial charge >= 0.3 is 12.0 Å². The lowest BCUT2D eigenvalue weighted by Crippen LogP contribution is -2.62. The van der Waals surface area contributed by atoms with Gasteiger partial charge in [-0.05, 0) is 62.2 Å². The van der Waals surface area contributed by atoms with E-state index in [-0.39, 0.29) is 29.6 Å². The van der Waals surface area contributed by atoms with Gasteiger partial charge < -0.3 is 31.3 Å². The van der Waals surface area contributed by atoms with E-state index in [0.717, 1.165) is 12.8 Å². The Morgan fingerprint density at radius 3 is 2.02 bits per heavy atom. The molecule has 0 aromatic heterocycles. The molecular weight excluding hydrogens is 542 g/mol. The topological polar surface area (TPSA) is 177 Å². The zero-order valence-corrected chi connectivity index (χ0v) is 26.5. The van der Waals surface area contributed by atoms with Gasteiger partial charge in [0.2, 0.25) is 17.6 Å². The molecule has 0 spiro atoms. The molecule has 3 fully saturated rings. The highest BCUT2D eigenvalue weighted by atomic mass is 16.6. The van der Waals surface area contributed by atoms with Gasteiger partial charge in [-0.25, -0.2) is 9.59 Å². The summed E-state index contributed by atoms with van der Waals surface area (Å²) in [6, 6.07) is -4.56. The van der Waals surface area contributed by atoms with Crippen molar-refractivity contribution in [3.8, 4) is 0 Å². The van der Waals surface area contributed by atoms with Crippen molar-refractivity contribution in [3.63, 3.8) is 0 Å². The second-order valence-corrected chi connectivity index (χ2v) is 14.8. The van der Waals surface area contributed by atoms with E-state index in [9.17, 15) is 28.8 Å². The zero-order valence-electron chi connectivity index (χ0n) is 26.5. The van der Waals surface area contributed by atoms with Crippen LogP contribution in [0.5, 0.6) is 0 Å². The lowest BCUT2D eigenvalue weighted by molar-refractivity contribution is -0.157. The van der Waals surface area contributed by atoms with Crippen LogP contribution < -0.4 is 21.7 Å². The van der Waals surface area contributed by atoms with Crippen molar-refractivity contribution < 1.29 is 33.5 Å². The summed E-state index contributed by atoms with van der Waals surface area (Å²) in [6.45, 7) is 16.7. The molecule has 1 heterocycles. The van der Waals surface area contributed by atoms with E-state index in [1.807, 2.05) is 13.8 Å². The van der Waals surface area contributed by atoms with Crippen LogP contribution in [0.25, 0.3) is 0 Å². The number of ether oxygens (including phenoxy) is 1. The third-order valence-corrected chi connectivity index (χ3v) is 8.70. The van der Waals surface area contributed by atoms with Crippen molar-refractivity contribution in [1.82, 2.24) is 20.9 Å². The molecule has 0 radical (unpaired) electrons. The van der Waals surface area contributed by atoms with E-state index in [4.69, 9.17) is 10.5 Å². The van der Waals surface area contributed by atoms with Gasteiger partial charge in [0.15, 0.2) is 0 Å². The SMILES string of the molecule is CC[C@H](NC(=O)N[C@H](C(=O)N1C[C@H]2[C@@H]([C@H]1C(=O)NC(CC1CC1)C(=O)C(N)=O)C2(C)C)C(C)(C)C)C(=O)OC(C)(C)C. The maximum Gasteiger partial charge on any atom is 0.329 e. The molecular formula is C30H49N5O7. The number of carbonyl (C=O) groups is 6. The predicted molar refractivity (Wildman–Crippen MR) is 155 cm³/mol. The molecule has 12 nitrogen and oxygen atoms in total. The second kappa shape index (κ2) is 11.8. The number of ketones is 1. The molecule has 42 heavy (non-hydrogen) atoms. The average Bonchev–Trinajstić information content (AvgIpc) is 3.70. The Bertz CT molecular complexity index is 1120. The summed E-state index contributed by atoms with van der Waals surface area (Å²) in [5.74, 6) is -3.31. The lowest BCUT2D eigenvalue weighted by atomic mass is 9.85. The Labute approximate surface area is 248 Å². The van der Waals surface area contributed by atoms with E-state index in [2.05, 4.69) is 16.0 Å². The fourth-order valence-corrected chi connectivity index (χ4v) is 6.01. The summed E-state index contributed by atoms with van der Waals surface area (Å²) in [5, 5.41) is 8.10. The molecule has 0 aromatic rings. The molecule has 236 valence electrons. The van der Waals surface area contributed by atoms with Crippen molar-refractivity contribution in [2.24, 2.45) is 34.3 Å². The number of hydrogen-bond acceptors (Lipinski definition) is 7. The van der Waals surface area contributed by atoms with Crippen LogP contribution in [0.15, 0.2) is 0 Å². The number of fused-ring (bicyclic) bond motifs is 1. The number of hydrogen-bond donors (Lipinski definition) is 4.